The highest BCUT2D eigenvalue weighted by Gasteiger charge is 2.19. The second-order valence-electron chi connectivity index (χ2n) is 9.13. The molecule has 202 valence electrons. The van der Waals surface area contributed by atoms with Gasteiger partial charge in [-0.25, -0.2) is 13.8 Å². The number of rotatable bonds is 8. The van der Waals surface area contributed by atoms with E-state index >= 15 is 0 Å². The molecule has 2 heterocycles. The lowest BCUT2D eigenvalue weighted by atomic mass is 10.1. The van der Waals surface area contributed by atoms with E-state index in [1.165, 1.54) is 6.07 Å². The molecule has 0 saturated heterocycles. The van der Waals surface area contributed by atoms with Crippen LogP contribution in [-0.4, -0.2) is 25.1 Å². The van der Waals surface area contributed by atoms with Crippen LogP contribution in [-0.2, 0) is 10.0 Å². The number of aromatic nitrogens is 1. The summed E-state index contributed by atoms with van der Waals surface area (Å²) in [7, 11) is -3.67. The van der Waals surface area contributed by atoms with Crippen molar-refractivity contribution >= 4 is 50.1 Å². The molecule has 7 nitrogen and oxygen atoms in total. The number of anilines is 1. The monoisotopic (exact) mass is 576 g/mol. The summed E-state index contributed by atoms with van der Waals surface area (Å²) in [5.74, 6) is -0.415. The first-order valence-corrected chi connectivity index (χ1v) is 15.1. The lowest BCUT2D eigenvalue weighted by Crippen LogP contribution is -2.18. The molecule has 0 aliphatic rings. The van der Waals surface area contributed by atoms with Crippen molar-refractivity contribution in [1.29, 1.82) is 0 Å². The fourth-order valence-corrected chi connectivity index (χ4v) is 6.70. The summed E-state index contributed by atoms with van der Waals surface area (Å²) in [4.78, 5) is 12.9. The predicted octanol–water partition coefficient (Wildman–Crippen LogP) is 6.92. The van der Waals surface area contributed by atoms with Crippen molar-refractivity contribution in [3.63, 3.8) is 0 Å². The summed E-state index contributed by atoms with van der Waals surface area (Å²) in [5, 5.41) is 7.02. The molecule has 0 atom stereocenters. The number of fused-ring (bicyclic) bond motifs is 1. The Morgan fingerprint density at radius 1 is 0.780 bits per heavy atom. The Kier molecular flexibility index (Phi) is 7.20. The molecule has 0 unspecified atom stereocenters. The number of para-hydroxylation sites is 2. The highest BCUT2D eigenvalue weighted by Crippen LogP contribution is 2.35. The van der Waals surface area contributed by atoms with Crippen molar-refractivity contribution < 1.29 is 13.2 Å². The molecule has 4 aromatic carbocycles. The minimum absolute atomic E-state index is 0.220. The van der Waals surface area contributed by atoms with Crippen LogP contribution in [0.15, 0.2) is 136 Å². The largest absolute Gasteiger partial charge is 0.309 e. The average molecular weight is 577 g/mol. The Bertz CT molecular complexity index is 1950. The zero-order chi connectivity index (χ0) is 28.2. The number of nitrogens with zero attached hydrogens (tertiary/aromatic N) is 2. The minimum Gasteiger partial charge on any atom is -0.309 e. The third-order valence-corrected chi connectivity index (χ3v) is 9.27. The van der Waals surface area contributed by atoms with Gasteiger partial charge < -0.3 is 4.57 Å². The van der Waals surface area contributed by atoms with Gasteiger partial charge in [0.1, 0.15) is 4.21 Å². The third kappa shape index (κ3) is 5.41. The molecule has 0 aliphatic carbocycles. The molecule has 0 spiro atoms. The van der Waals surface area contributed by atoms with E-state index in [2.05, 4.69) is 50.1 Å². The second kappa shape index (κ2) is 11.2. The van der Waals surface area contributed by atoms with Crippen LogP contribution in [0, 0.1) is 0 Å². The van der Waals surface area contributed by atoms with Crippen LogP contribution < -0.4 is 10.1 Å². The van der Waals surface area contributed by atoms with Gasteiger partial charge in [-0.05, 0) is 59.5 Å². The molecular weight excluding hydrogens is 553 g/mol. The van der Waals surface area contributed by atoms with Crippen LogP contribution >= 0.6 is 11.3 Å². The smallest absolute Gasteiger partial charge is 0.271 e. The fraction of sp³-hybridized carbons (Fsp3) is 0. The van der Waals surface area contributed by atoms with Gasteiger partial charge in [0, 0.05) is 27.9 Å². The van der Waals surface area contributed by atoms with Crippen LogP contribution in [0.1, 0.15) is 15.9 Å². The zero-order valence-corrected chi connectivity index (χ0v) is 23.3. The van der Waals surface area contributed by atoms with E-state index in [4.69, 9.17) is 0 Å². The second-order valence-corrected chi connectivity index (χ2v) is 12.0. The molecule has 6 rings (SSSR count). The van der Waals surface area contributed by atoms with Gasteiger partial charge in [-0.3, -0.25) is 9.52 Å². The van der Waals surface area contributed by atoms with Crippen molar-refractivity contribution in [3.8, 4) is 16.9 Å². The molecule has 0 aliphatic heterocycles. The summed E-state index contributed by atoms with van der Waals surface area (Å²) in [6.07, 6.45) is 1.67. The minimum atomic E-state index is -3.67. The summed E-state index contributed by atoms with van der Waals surface area (Å²) < 4.78 is 29.9. The van der Waals surface area contributed by atoms with Crippen LogP contribution in [0.5, 0.6) is 0 Å². The van der Waals surface area contributed by atoms with E-state index in [9.17, 15) is 13.2 Å². The summed E-state index contributed by atoms with van der Waals surface area (Å²) in [5.41, 5.74) is 8.19. The SMILES string of the molecule is O=C(NN=Cc1c(-c2ccccc2)n(-c2ccccc2)c2ccccc12)c1ccc(NS(=O)(=O)c2cccs2)cc1. The normalized spacial score (nSPS) is 11.6. The van der Waals surface area contributed by atoms with Gasteiger partial charge in [0.05, 0.1) is 17.4 Å². The number of thiophene rings is 1. The highest BCUT2D eigenvalue weighted by molar-refractivity contribution is 7.94. The van der Waals surface area contributed by atoms with Gasteiger partial charge in [0.25, 0.3) is 15.9 Å². The quantitative estimate of drug-likeness (QED) is 0.152. The van der Waals surface area contributed by atoms with Crippen molar-refractivity contribution in [2.24, 2.45) is 5.10 Å². The van der Waals surface area contributed by atoms with Crippen molar-refractivity contribution in [2.45, 2.75) is 4.21 Å². The van der Waals surface area contributed by atoms with Crippen LogP contribution in [0.2, 0.25) is 0 Å². The summed E-state index contributed by atoms with van der Waals surface area (Å²) in [6, 6.07) is 37.7. The maximum atomic E-state index is 12.9. The number of carbonyl (C=O) groups excluding carboxylic acids is 1. The lowest BCUT2D eigenvalue weighted by Gasteiger charge is -2.12. The van der Waals surface area contributed by atoms with E-state index in [-0.39, 0.29) is 4.21 Å². The Hall–Kier alpha value is -4.99. The number of hydrogen-bond donors (Lipinski definition) is 2. The number of hydrazone groups is 1. The lowest BCUT2D eigenvalue weighted by molar-refractivity contribution is 0.0955. The fourth-order valence-electron chi connectivity index (χ4n) is 4.65. The number of nitrogens with one attached hydrogen (secondary N) is 2. The van der Waals surface area contributed by atoms with E-state index in [1.807, 2.05) is 54.6 Å². The molecule has 2 N–H and O–H groups in total. The number of sulfonamides is 1. The number of amides is 1. The Balaban J connectivity index is 1.29. The maximum absolute atomic E-state index is 12.9. The highest BCUT2D eigenvalue weighted by atomic mass is 32.2. The van der Waals surface area contributed by atoms with Crippen molar-refractivity contribution in [2.75, 3.05) is 4.72 Å². The molecule has 0 radical (unpaired) electrons. The van der Waals surface area contributed by atoms with Gasteiger partial charge in [-0.1, -0.05) is 72.8 Å². The molecule has 6 aromatic rings. The molecule has 0 bridgehead atoms. The zero-order valence-electron chi connectivity index (χ0n) is 21.6. The molecule has 1 amide bonds. The molecule has 41 heavy (non-hydrogen) atoms. The third-order valence-electron chi connectivity index (χ3n) is 6.49. The number of hydrogen-bond acceptors (Lipinski definition) is 5. The van der Waals surface area contributed by atoms with Gasteiger partial charge >= 0.3 is 0 Å². The molecule has 0 fully saturated rings. The van der Waals surface area contributed by atoms with Crippen LogP contribution in [0.25, 0.3) is 27.8 Å². The Morgan fingerprint density at radius 2 is 1.46 bits per heavy atom. The standard InChI is InChI=1S/C32H24N4O3S2/c37-32(24-17-19-25(20-18-24)35-41(38,39)30-16-9-21-40-30)34-33-22-28-27-14-7-8-15-29(27)36(26-12-5-2-6-13-26)31(28)23-10-3-1-4-11-23/h1-22,35H,(H,34,37). The predicted molar refractivity (Wildman–Crippen MR) is 165 cm³/mol. The Labute approximate surface area is 241 Å². The van der Waals surface area contributed by atoms with Crippen molar-refractivity contribution in [1.82, 2.24) is 9.99 Å². The van der Waals surface area contributed by atoms with Gasteiger partial charge in [0.15, 0.2) is 0 Å². The molecule has 2 aromatic heterocycles. The average Bonchev–Trinajstić information content (AvgIpc) is 3.66. The summed E-state index contributed by atoms with van der Waals surface area (Å²) >= 11 is 1.13. The van der Waals surface area contributed by atoms with E-state index in [1.54, 1.807) is 41.9 Å². The number of carbonyl (C=O) groups is 1. The van der Waals surface area contributed by atoms with E-state index in [0.29, 0.717) is 11.3 Å². The van der Waals surface area contributed by atoms with Gasteiger partial charge in [-0.2, -0.15) is 5.10 Å². The topological polar surface area (TPSA) is 92.6 Å². The first-order chi connectivity index (χ1) is 20.0. The van der Waals surface area contributed by atoms with E-state index in [0.717, 1.165) is 44.7 Å². The molecular formula is C32H24N4O3S2. The van der Waals surface area contributed by atoms with Gasteiger partial charge in [0.2, 0.25) is 0 Å². The van der Waals surface area contributed by atoms with Gasteiger partial charge in [-0.15, -0.1) is 11.3 Å². The first kappa shape index (κ1) is 26.2. The van der Waals surface area contributed by atoms with Crippen LogP contribution in [0.4, 0.5) is 5.69 Å². The first-order valence-electron chi connectivity index (χ1n) is 12.8. The summed E-state index contributed by atoms with van der Waals surface area (Å²) in [6.45, 7) is 0. The van der Waals surface area contributed by atoms with E-state index < -0.39 is 15.9 Å². The van der Waals surface area contributed by atoms with Crippen LogP contribution in [0.3, 0.4) is 0 Å². The maximum Gasteiger partial charge on any atom is 0.271 e. The molecule has 0 saturated carbocycles. The van der Waals surface area contributed by atoms with Crippen molar-refractivity contribution in [3.05, 3.63) is 138 Å². The number of benzene rings is 4. The Morgan fingerprint density at radius 3 is 2.17 bits per heavy atom. The molecule has 9 heteroatoms.